The molecule has 0 aliphatic carbocycles. The van der Waals surface area contributed by atoms with E-state index in [0.717, 1.165) is 9.90 Å². The number of benzene rings is 1. The number of fused-ring (bicyclic) bond motifs is 1. The van der Waals surface area contributed by atoms with E-state index in [9.17, 15) is 9.59 Å². The summed E-state index contributed by atoms with van der Waals surface area (Å²) in [7, 11) is 0. The van der Waals surface area contributed by atoms with Gasteiger partial charge >= 0.3 is 0 Å². The van der Waals surface area contributed by atoms with E-state index in [1.165, 1.54) is 16.2 Å². The van der Waals surface area contributed by atoms with Crippen LogP contribution in [-0.4, -0.2) is 35.7 Å². The minimum absolute atomic E-state index is 0.0726. The molecule has 8 heteroatoms. The molecule has 0 bridgehead atoms. The maximum Gasteiger partial charge on any atom is 0.268 e. The Bertz CT molecular complexity index is 791. The number of carbonyl (C=O) groups is 2. The lowest BCUT2D eigenvalue weighted by Crippen LogP contribution is -2.47. The Hall–Kier alpha value is -2.06. The van der Waals surface area contributed by atoms with Gasteiger partial charge in [0.25, 0.3) is 5.91 Å². The second-order valence-corrected chi connectivity index (χ2v) is 7.37. The molecule has 2 amide bonds. The van der Waals surface area contributed by atoms with Crippen molar-refractivity contribution in [1.82, 2.24) is 4.98 Å². The van der Waals surface area contributed by atoms with Crippen molar-refractivity contribution in [2.45, 2.75) is 24.2 Å². The molecule has 0 radical (unpaired) electrons. The summed E-state index contributed by atoms with van der Waals surface area (Å²) in [6.07, 6.45) is 1.36. The van der Waals surface area contributed by atoms with E-state index in [4.69, 9.17) is 4.74 Å². The lowest BCUT2D eigenvalue weighted by Gasteiger charge is -2.32. The smallest absolute Gasteiger partial charge is 0.268 e. The van der Waals surface area contributed by atoms with Gasteiger partial charge in [-0.05, 0) is 32.2 Å². The van der Waals surface area contributed by atoms with Gasteiger partial charge in [0.1, 0.15) is 12.3 Å². The van der Waals surface area contributed by atoms with Crippen molar-refractivity contribution in [3.05, 3.63) is 30.0 Å². The van der Waals surface area contributed by atoms with Crippen LogP contribution in [0.1, 0.15) is 12.6 Å². The summed E-state index contributed by atoms with van der Waals surface area (Å²) in [6.45, 7) is 3.51. The minimum Gasteiger partial charge on any atom is -0.479 e. The predicted octanol–water partition coefficient (Wildman–Crippen LogP) is 2.93. The topological polar surface area (TPSA) is 71.5 Å². The number of amides is 2. The van der Waals surface area contributed by atoms with Crippen LogP contribution in [0.4, 0.5) is 10.8 Å². The quantitative estimate of drug-likeness (QED) is 0.846. The lowest BCUT2D eigenvalue weighted by atomic mass is 10.2. The summed E-state index contributed by atoms with van der Waals surface area (Å²) >= 11 is 3.02. The number of nitrogens with one attached hydrogen (secondary N) is 1. The molecule has 6 nitrogen and oxygen atoms in total. The number of aryl methyl sites for hydroxylation is 1. The van der Waals surface area contributed by atoms with Gasteiger partial charge in [-0.25, -0.2) is 4.98 Å². The standard InChI is InChI=1S/C16H17N3O3S2/c1-9-15(23-3)24-16(17-9)18-13(20)8-19-11-6-4-5-7-12(11)22-10(2)14(19)21/h4-7,10H,8H2,1-3H3,(H,17,18,20). The highest BCUT2D eigenvalue weighted by Gasteiger charge is 2.32. The van der Waals surface area contributed by atoms with Crippen LogP contribution in [0, 0.1) is 6.92 Å². The first-order valence-electron chi connectivity index (χ1n) is 7.38. The van der Waals surface area contributed by atoms with Crippen LogP contribution in [0.3, 0.4) is 0 Å². The van der Waals surface area contributed by atoms with Gasteiger partial charge in [0, 0.05) is 0 Å². The summed E-state index contributed by atoms with van der Waals surface area (Å²) in [5, 5.41) is 3.32. The van der Waals surface area contributed by atoms with Gasteiger partial charge in [0.15, 0.2) is 11.2 Å². The molecule has 126 valence electrons. The predicted molar refractivity (Wildman–Crippen MR) is 96.1 cm³/mol. The van der Waals surface area contributed by atoms with Crippen LogP contribution in [0.5, 0.6) is 5.75 Å². The van der Waals surface area contributed by atoms with Crippen molar-refractivity contribution in [3.63, 3.8) is 0 Å². The molecule has 2 aromatic rings. The summed E-state index contributed by atoms with van der Waals surface area (Å²) in [5.74, 6) is 0.0878. The molecule has 0 spiro atoms. The normalized spacial score (nSPS) is 16.5. The number of thioether (sulfide) groups is 1. The van der Waals surface area contributed by atoms with Crippen LogP contribution >= 0.6 is 23.1 Å². The zero-order valence-corrected chi connectivity index (χ0v) is 15.2. The lowest BCUT2D eigenvalue weighted by molar-refractivity contribution is -0.127. The van der Waals surface area contributed by atoms with E-state index in [1.807, 2.05) is 25.3 Å². The molecular weight excluding hydrogens is 346 g/mol. The number of ether oxygens (including phenoxy) is 1. The number of hydrogen-bond donors (Lipinski definition) is 1. The molecule has 1 unspecified atom stereocenters. The van der Waals surface area contributed by atoms with E-state index < -0.39 is 6.10 Å². The third kappa shape index (κ3) is 3.25. The molecule has 3 rings (SSSR count). The number of rotatable bonds is 4. The second-order valence-electron chi connectivity index (χ2n) is 5.30. The number of hydrogen-bond acceptors (Lipinski definition) is 6. The first-order chi connectivity index (χ1) is 11.5. The number of carbonyl (C=O) groups excluding carboxylic acids is 2. The van der Waals surface area contributed by atoms with E-state index in [1.54, 1.807) is 30.8 Å². The van der Waals surface area contributed by atoms with Gasteiger partial charge < -0.3 is 10.1 Å². The second kappa shape index (κ2) is 6.82. The summed E-state index contributed by atoms with van der Waals surface area (Å²) < 4.78 is 6.63. The molecule has 0 saturated carbocycles. The molecule has 0 saturated heterocycles. The molecule has 0 fully saturated rings. The SMILES string of the molecule is CSc1sc(NC(=O)CN2C(=O)C(C)Oc3ccccc32)nc1C. The molecule has 1 aliphatic heterocycles. The molecule has 1 aromatic heterocycles. The van der Waals surface area contributed by atoms with E-state index in [-0.39, 0.29) is 18.4 Å². The fourth-order valence-corrected chi connectivity index (χ4v) is 4.08. The molecule has 1 atom stereocenters. The maximum atomic E-state index is 12.4. The van der Waals surface area contributed by atoms with Gasteiger partial charge in [-0.1, -0.05) is 23.5 Å². The van der Waals surface area contributed by atoms with Gasteiger partial charge in [0.05, 0.1) is 15.6 Å². The minimum atomic E-state index is -0.613. The van der Waals surface area contributed by atoms with Crippen LogP contribution in [0.2, 0.25) is 0 Å². The maximum absolute atomic E-state index is 12.4. The van der Waals surface area contributed by atoms with E-state index in [2.05, 4.69) is 10.3 Å². The van der Waals surface area contributed by atoms with Crippen LogP contribution in [-0.2, 0) is 9.59 Å². The average molecular weight is 363 g/mol. The first-order valence-corrected chi connectivity index (χ1v) is 9.42. The van der Waals surface area contributed by atoms with Crippen molar-refractivity contribution in [2.75, 3.05) is 23.0 Å². The third-order valence-electron chi connectivity index (χ3n) is 3.56. The van der Waals surface area contributed by atoms with Crippen LogP contribution < -0.4 is 15.0 Å². The Labute approximate surface area is 148 Å². The van der Waals surface area contributed by atoms with Crippen molar-refractivity contribution < 1.29 is 14.3 Å². The molecule has 1 N–H and O–H groups in total. The Kier molecular flexibility index (Phi) is 4.77. The Morgan fingerprint density at radius 3 is 2.92 bits per heavy atom. The Morgan fingerprint density at radius 2 is 2.21 bits per heavy atom. The first kappa shape index (κ1) is 16.8. The number of anilines is 2. The largest absolute Gasteiger partial charge is 0.479 e. The zero-order valence-electron chi connectivity index (χ0n) is 13.5. The van der Waals surface area contributed by atoms with Gasteiger partial charge in [-0.15, -0.1) is 11.8 Å². The molecule has 24 heavy (non-hydrogen) atoms. The van der Waals surface area contributed by atoms with E-state index >= 15 is 0 Å². The van der Waals surface area contributed by atoms with Crippen LogP contribution in [0.15, 0.2) is 28.5 Å². The molecule has 1 aliphatic rings. The molecular formula is C16H17N3O3S2. The van der Waals surface area contributed by atoms with Gasteiger partial charge in [-0.3, -0.25) is 14.5 Å². The summed E-state index contributed by atoms with van der Waals surface area (Å²) in [6, 6.07) is 7.21. The number of para-hydroxylation sites is 2. The highest BCUT2D eigenvalue weighted by Crippen LogP contribution is 2.34. The van der Waals surface area contributed by atoms with Gasteiger partial charge in [-0.2, -0.15) is 0 Å². The molecule has 2 heterocycles. The zero-order chi connectivity index (χ0) is 17.3. The van der Waals surface area contributed by atoms with Crippen LogP contribution in [0.25, 0.3) is 0 Å². The number of nitrogens with zero attached hydrogens (tertiary/aromatic N) is 2. The fourth-order valence-electron chi connectivity index (χ4n) is 2.45. The van der Waals surface area contributed by atoms with Crippen molar-refractivity contribution in [3.8, 4) is 5.75 Å². The van der Waals surface area contributed by atoms with Crippen molar-refractivity contribution in [2.24, 2.45) is 0 Å². The van der Waals surface area contributed by atoms with Crippen molar-refractivity contribution >= 4 is 45.7 Å². The third-order valence-corrected chi connectivity index (χ3v) is 5.84. The monoisotopic (exact) mass is 363 g/mol. The Balaban J connectivity index is 1.76. The molecule has 1 aromatic carbocycles. The van der Waals surface area contributed by atoms with E-state index in [0.29, 0.717) is 16.6 Å². The summed E-state index contributed by atoms with van der Waals surface area (Å²) in [4.78, 5) is 30.5. The number of aromatic nitrogens is 1. The van der Waals surface area contributed by atoms with Crippen molar-refractivity contribution in [1.29, 1.82) is 0 Å². The highest BCUT2D eigenvalue weighted by atomic mass is 32.2. The fraction of sp³-hybridized carbons (Fsp3) is 0.312. The highest BCUT2D eigenvalue weighted by molar-refractivity contribution is 8.00. The Morgan fingerprint density at radius 1 is 1.46 bits per heavy atom. The average Bonchev–Trinajstić information content (AvgIpc) is 2.91. The summed E-state index contributed by atoms with van der Waals surface area (Å²) in [5.41, 5.74) is 1.50. The van der Waals surface area contributed by atoms with Gasteiger partial charge in [0.2, 0.25) is 5.91 Å². The number of thiazole rings is 1.